The van der Waals surface area contributed by atoms with Crippen LogP contribution in [0, 0.1) is 5.82 Å². The van der Waals surface area contributed by atoms with E-state index in [9.17, 15) is 9.18 Å². The molecular weight excluding hydrogens is 233 g/mol. The summed E-state index contributed by atoms with van der Waals surface area (Å²) in [5.74, 6) is -1.92. The minimum Gasteiger partial charge on any atom is -0.480 e. The molecule has 16 heavy (non-hydrogen) atoms. The largest absolute Gasteiger partial charge is 0.480 e. The van der Waals surface area contributed by atoms with Gasteiger partial charge in [0.15, 0.2) is 0 Å². The lowest BCUT2D eigenvalue weighted by Crippen LogP contribution is -2.22. The van der Waals surface area contributed by atoms with E-state index in [1.807, 2.05) is 13.8 Å². The zero-order valence-electron chi connectivity index (χ0n) is 9.00. The molecule has 0 saturated carbocycles. The van der Waals surface area contributed by atoms with Gasteiger partial charge in [0.2, 0.25) is 0 Å². The standard InChI is InChI=1S/C11H13ClFNO2/c1-5(2)6-3-7(10(14)11(15)16)9(13)8(12)4-6/h3-5,10H,14H2,1-2H3,(H,15,16). The summed E-state index contributed by atoms with van der Waals surface area (Å²) in [6.07, 6.45) is 0. The number of hydrogen-bond donors (Lipinski definition) is 2. The molecule has 0 bridgehead atoms. The van der Waals surface area contributed by atoms with Gasteiger partial charge in [-0.1, -0.05) is 31.5 Å². The maximum Gasteiger partial charge on any atom is 0.325 e. The van der Waals surface area contributed by atoms with Crippen molar-refractivity contribution in [2.45, 2.75) is 25.8 Å². The Morgan fingerprint density at radius 1 is 1.50 bits per heavy atom. The smallest absolute Gasteiger partial charge is 0.325 e. The summed E-state index contributed by atoms with van der Waals surface area (Å²) in [6, 6.07) is 1.54. The molecule has 3 N–H and O–H groups in total. The van der Waals surface area contributed by atoms with Gasteiger partial charge in [0.25, 0.3) is 0 Å². The van der Waals surface area contributed by atoms with Crippen LogP contribution >= 0.6 is 11.6 Å². The Bertz CT molecular complexity index is 421. The predicted octanol–water partition coefficient (Wildman–Crippen LogP) is 2.69. The summed E-state index contributed by atoms with van der Waals surface area (Å²) >= 11 is 5.69. The van der Waals surface area contributed by atoms with Crippen molar-refractivity contribution >= 4 is 17.6 Å². The average molecular weight is 246 g/mol. The second-order valence-electron chi connectivity index (χ2n) is 3.88. The van der Waals surface area contributed by atoms with E-state index in [1.165, 1.54) is 12.1 Å². The molecule has 1 atom stereocenters. The van der Waals surface area contributed by atoms with Gasteiger partial charge in [0.1, 0.15) is 11.9 Å². The third-order valence-electron chi connectivity index (χ3n) is 2.35. The Kier molecular flexibility index (Phi) is 3.88. The zero-order valence-corrected chi connectivity index (χ0v) is 9.75. The third-order valence-corrected chi connectivity index (χ3v) is 2.62. The van der Waals surface area contributed by atoms with Gasteiger partial charge in [-0.3, -0.25) is 4.79 Å². The van der Waals surface area contributed by atoms with Crippen molar-refractivity contribution < 1.29 is 14.3 Å². The molecule has 0 radical (unpaired) electrons. The minimum absolute atomic E-state index is 0.0799. The fourth-order valence-electron chi connectivity index (χ4n) is 1.32. The van der Waals surface area contributed by atoms with Crippen LogP contribution in [0.3, 0.4) is 0 Å². The van der Waals surface area contributed by atoms with Crippen LogP contribution in [-0.4, -0.2) is 11.1 Å². The molecule has 3 nitrogen and oxygen atoms in total. The first-order valence-corrected chi connectivity index (χ1v) is 5.19. The van der Waals surface area contributed by atoms with E-state index in [0.717, 1.165) is 5.56 Å². The van der Waals surface area contributed by atoms with Crippen LogP contribution in [0.15, 0.2) is 12.1 Å². The molecule has 0 amide bonds. The Labute approximate surface area is 98.0 Å². The Morgan fingerprint density at radius 3 is 2.50 bits per heavy atom. The molecule has 0 aromatic heterocycles. The highest BCUT2D eigenvalue weighted by Crippen LogP contribution is 2.28. The highest BCUT2D eigenvalue weighted by molar-refractivity contribution is 6.30. The molecule has 1 unspecified atom stereocenters. The monoisotopic (exact) mass is 245 g/mol. The number of rotatable bonds is 3. The summed E-state index contributed by atoms with van der Waals surface area (Å²) in [5, 5.41) is 8.65. The van der Waals surface area contributed by atoms with E-state index in [0.29, 0.717) is 0 Å². The lowest BCUT2D eigenvalue weighted by atomic mass is 9.97. The Balaban J connectivity index is 3.32. The molecule has 0 spiro atoms. The number of hydrogen-bond acceptors (Lipinski definition) is 2. The molecule has 1 aromatic carbocycles. The van der Waals surface area contributed by atoms with Gasteiger partial charge in [-0.2, -0.15) is 0 Å². The minimum atomic E-state index is -1.39. The molecule has 0 fully saturated rings. The number of aliphatic carboxylic acids is 1. The van der Waals surface area contributed by atoms with Crippen LogP contribution in [0.1, 0.15) is 36.9 Å². The van der Waals surface area contributed by atoms with Crippen LogP contribution in [-0.2, 0) is 4.79 Å². The lowest BCUT2D eigenvalue weighted by molar-refractivity contribution is -0.138. The van der Waals surface area contributed by atoms with Gasteiger partial charge in [0.05, 0.1) is 5.02 Å². The predicted molar refractivity (Wildman–Crippen MR) is 60.1 cm³/mol. The molecule has 1 aromatic rings. The van der Waals surface area contributed by atoms with Crippen LogP contribution in [0.4, 0.5) is 4.39 Å². The van der Waals surface area contributed by atoms with Gasteiger partial charge in [-0.15, -0.1) is 0 Å². The molecule has 0 aliphatic heterocycles. The number of carbonyl (C=O) groups is 1. The van der Waals surface area contributed by atoms with E-state index in [-0.39, 0.29) is 16.5 Å². The number of nitrogens with two attached hydrogens (primary N) is 1. The van der Waals surface area contributed by atoms with Gasteiger partial charge < -0.3 is 10.8 Å². The van der Waals surface area contributed by atoms with Crippen molar-refractivity contribution in [1.29, 1.82) is 0 Å². The number of carboxylic acids is 1. The summed E-state index contributed by atoms with van der Waals surface area (Å²) in [4.78, 5) is 10.7. The molecule has 0 saturated heterocycles. The maximum atomic E-state index is 13.6. The van der Waals surface area contributed by atoms with E-state index < -0.39 is 17.8 Å². The second-order valence-corrected chi connectivity index (χ2v) is 4.28. The number of carboxylic acid groups (broad SMARTS) is 1. The highest BCUT2D eigenvalue weighted by atomic mass is 35.5. The summed E-state index contributed by atoms with van der Waals surface area (Å²) in [5.41, 5.74) is 6.06. The quantitative estimate of drug-likeness (QED) is 0.861. The van der Waals surface area contributed by atoms with Crippen LogP contribution in [0.2, 0.25) is 5.02 Å². The molecule has 0 aliphatic carbocycles. The van der Waals surface area contributed by atoms with E-state index in [1.54, 1.807) is 0 Å². The van der Waals surface area contributed by atoms with Gasteiger partial charge in [-0.25, -0.2) is 4.39 Å². The van der Waals surface area contributed by atoms with Crippen molar-refractivity contribution in [3.63, 3.8) is 0 Å². The summed E-state index contributed by atoms with van der Waals surface area (Å²) in [7, 11) is 0. The van der Waals surface area contributed by atoms with Gasteiger partial charge >= 0.3 is 5.97 Å². The number of halogens is 2. The van der Waals surface area contributed by atoms with Crippen molar-refractivity contribution in [3.8, 4) is 0 Å². The SMILES string of the molecule is CC(C)c1cc(Cl)c(F)c(C(N)C(=O)O)c1. The summed E-state index contributed by atoms with van der Waals surface area (Å²) in [6.45, 7) is 3.80. The fraction of sp³-hybridized carbons (Fsp3) is 0.364. The van der Waals surface area contributed by atoms with E-state index in [4.69, 9.17) is 22.4 Å². The first-order valence-electron chi connectivity index (χ1n) is 4.81. The van der Waals surface area contributed by atoms with Gasteiger partial charge in [0, 0.05) is 5.56 Å². The third kappa shape index (κ3) is 2.51. The second kappa shape index (κ2) is 4.80. The van der Waals surface area contributed by atoms with Crippen molar-refractivity contribution in [1.82, 2.24) is 0 Å². The van der Waals surface area contributed by atoms with Crippen LogP contribution < -0.4 is 5.73 Å². The molecule has 0 heterocycles. The lowest BCUT2D eigenvalue weighted by Gasteiger charge is -2.13. The molecule has 88 valence electrons. The van der Waals surface area contributed by atoms with Crippen LogP contribution in [0.25, 0.3) is 0 Å². The topological polar surface area (TPSA) is 63.3 Å². The Morgan fingerprint density at radius 2 is 2.06 bits per heavy atom. The average Bonchev–Trinajstić information content (AvgIpc) is 2.20. The first kappa shape index (κ1) is 12.9. The molecule has 5 heteroatoms. The van der Waals surface area contributed by atoms with Crippen LogP contribution in [0.5, 0.6) is 0 Å². The maximum absolute atomic E-state index is 13.6. The highest BCUT2D eigenvalue weighted by Gasteiger charge is 2.21. The first-order chi connectivity index (χ1) is 7.34. The fourth-order valence-corrected chi connectivity index (χ4v) is 1.56. The van der Waals surface area contributed by atoms with Crippen molar-refractivity contribution in [3.05, 3.63) is 34.1 Å². The van der Waals surface area contributed by atoms with Crippen molar-refractivity contribution in [2.24, 2.45) is 5.73 Å². The van der Waals surface area contributed by atoms with Gasteiger partial charge in [-0.05, 0) is 17.5 Å². The normalized spacial score (nSPS) is 12.9. The molecular formula is C11H13ClFNO2. The van der Waals surface area contributed by atoms with Crippen molar-refractivity contribution in [2.75, 3.05) is 0 Å². The Hall–Kier alpha value is -1.13. The molecule has 0 aliphatic rings. The molecule has 1 rings (SSSR count). The number of benzene rings is 1. The summed E-state index contributed by atoms with van der Waals surface area (Å²) < 4.78 is 13.6. The van der Waals surface area contributed by atoms with E-state index in [2.05, 4.69) is 0 Å². The van der Waals surface area contributed by atoms with E-state index >= 15 is 0 Å². The zero-order chi connectivity index (χ0) is 12.5.